The van der Waals surface area contributed by atoms with Gasteiger partial charge in [0.2, 0.25) is 0 Å². The minimum absolute atomic E-state index is 1.01. The standard InChI is InChI=1S/C17H28N2/c1-15-7-8-17(16(2)13-15)14-18-9-6-12-19-10-4-3-5-11-19/h7-8,13,18H,3-6,9-12,14H2,1-2H3. The average molecular weight is 260 g/mol. The highest BCUT2D eigenvalue weighted by Gasteiger charge is 2.08. The predicted octanol–water partition coefficient (Wildman–Crippen LogP) is 3.27. The van der Waals surface area contributed by atoms with Crippen LogP contribution in [-0.4, -0.2) is 31.1 Å². The largest absolute Gasteiger partial charge is 0.313 e. The summed E-state index contributed by atoms with van der Waals surface area (Å²) < 4.78 is 0. The summed E-state index contributed by atoms with van der Waals surface area (Å²) in [5, 5.41) is 3.57. The van der Waals surface area contributed by atoms with Crippen LogP contribution in [0.15, 0.2) is 18.2 Å². The van der Waals surface area contributed by atoms with E-state index in [1.165, 1.54) is 62.0 Å². The fourth-order valence-corrected chi connectivity index (χ4v) is 2.88. The molecular weight excluding hydrogens is 232 g/mol. The van der Waals surface area contributed by atoms with Crippen molar-refractivity contribution >= 4 is 0 Å². The molecule has 1 aliphatic heterocycles. The van der Waals surface area contributed by atoms with E-state index in [0.717, 1.165) is 13.1 Å². The lowest BCUT2D eigenvalue weighted by atomic mass is 10.1. The molecule has 1 aliphatic rings. The van der Waals surface area contributed by atoms with Crippen LogP contribution in [0.5, 0.6) is 0 Å². The van der Waals surface area contributed by atoms with Gasteiger partial charge in [-0.1, -0.05) is 30.2 Å². The van der Waals surface area contributed by atoms with Crippen molar-refractivity contribution in [2.75, 3.05) is 26.2 Å². The van der Waals surface area contributed by atoms with Gasteiger partial charge in [-0.15, -0.1) is 0 Å². The third kappa shape index (κ3) is 4.96. The fraction of sp³-hybridized carbons (Fsp3) is 0.647. The maximum atomic E-state index is 3.57. The van der Waals surface area contributed by atoms with E-state index in [0.29, 0.717) is 0 Å². The van der Waals surface area contributed by atoms with E-state index in [1.807, 2.05) is 0 Å². The highest BCUT2D eigenvalue weighted by atomic mass is 15.1. The van der Waals surface area contributed by atoms with E-state index in [1.54, 1.807) is 0 Å². The van der Waals surface area contributed by atoms with Gasteiger partial charge in [0.15, 0.2) is 0 Å². The van der Waals surface area contributed by atoms with Crippen molar-refractivity contribution in [2.45, 2.75) is 46.1 Å². The highest BCUT2D eigenvalue weighted by Crippen LogP contribution is 2.10. The first-order valence-corrected chi connectivity index (χ1v) is 7.75. The smallest absolute Gasteiger partial charge is 0.0208 e. The summed E-state index contributed by atoms with van der Waals surface area (Å²) in [5.41, 5.74) is 4.19. The van der Waals surface area contributed by atoms with Crippen LogP contribution in [0.1, 0.15) is 42.4 Å². The Hall–Kier alpha value is -0.860. The molecule has 0 bridgehead atoms. The molecule has 2 rings (SSSR count). The highest BCUT2D eigenvalue weighted by molar-refractivity contribution is 5.30. The Morgan fingerprint density at radius 1 is 1.11 bits per heavy atom. The zero-order valence-corrected chi connectivity index (χ0v) is 12.5. The Labute approximate surface area is 118 Å². The number of nitrogens with zero attached hydrogens (tertiary/aromatic N) is 1. The summed E-state index contributed by atoms with van der Waals surface area (Å²) >= 11 is 0. The lowest BCUT2D eigenvalue weighted by Gasteiger charge is -2.26. The van der Waals surface area contributed by atoms with Crippen molar-refractivity contribution in [2.24, 2.45) is 0 Å². The molecule has 2 nitrogen and oxygen atoms in total. The van der Waals surface area contributed by atoms with E-state index in [9.17, 15) is 0 Å². The Bertz CT molecular complexity index is 381. The van der Waals surface area contributed by atoms with Gasteiger partial charge in [0.1, 0.15) is 0 Å². The van der Waals surface area contributed by atoms with E-state index < -0.39 is 0 Å². The third-order valence-electron chi connectivity index (χ3n) is 4.09. The normalized spacial score (nSPS) is 16.7. The number of piperidine rings is 1. The maximum Gasteiger partial charge on any atom is 0.0208 e. The number of aryl methyl sites for hydroxylation is 2. The zero-order valence-electron chi connectivity index (χ0n) is 12.5. The number of hydrogen-bond donors (Lipinski definition) is 1. The molecule has 0 amide bonds. The SMILES string of the molecule is Cc1ccc(CNCCCN2CCCCC2)c(C)c1. The lowest BCUT2D eigenvalue weighted by molar-refractivity contribution is 0.225. The van der Waals surface area contributed by atoms with Crippen LogP contribution in [0.2, 0.25) is 0 Å². The molecule has 0 radical (unpaired) electrons. The summed E-state index contributed by atoms with van der Waals surface area (Å²) in [6, 6.07) is 6.73. The summed E-state index contributed by atoms with van der Waals surface area (Å²) in [7, 11) is 0. The summed E-state index contributed by atoms with van der Waals surface area (Å²) in [5.74, 6) is 0. The molecule has 19 heavy (non-hydrogen) atoms. The molecule has 0 unspecified atom stereocenters. The molecule has 1 saturated heterocycles. The Morgan fingerprint density at radius 2 is 1.89 bits per heavy atom. The predicted molar refractivity (Wildman–Crippen MR) is 82.5 cm³/mol. The average Bonchev–Trinajstić information content (AvgIpc) is 2.42. The Morgan fingerprint density at radius 3 is 2.63 bits per heavy atom. The van der Waals surface area contributed by atoms with Crippen molar-refractivity contribution in [3.8, 4) is 0 Å². The number of nitrogens with one attached hydrogen (secondary N) is 1. The second-order valence-corrected chi connectivity index (χ2v) is 5.86. The van der Waals surface area contributed by atoms with Crippen molar-refractivity contribution in [1.29, 1.82) is 0 Å². The molecule has 0 aliphatic carbocycles. The van der Waals surface area contributed by atoms with Gasteiger partial charge in [-0.05, 0) is 70.4 Å². The monoisotopic (exact) mass is 260 g/mol. The fourth-order valence-electron chi connectivity index (χ4n) is 2.88. The van der Waals surface area contributed by atoms with Crippen molar-refractivity contribution in [3.05, 3.63) is 34.9 Å². The second-order valence-electron chi connectivity index (χ2n) is 5.86. The van der Waals surface area contributed by atoms with Gasteiger partial charge in [0, 0.05) is 6.54 Å². The van der Waals surface area contributed by atoms with Gasteiger partial charge in [-0.25, -0.2) is 0 Å². The molecule has 1 aromatic rings. The van der Waals surface area contributed by atoms with Crippen molar-refractivity contribution in [3.63, 3.8) is 0 Å². The summed E-state index contributed by atoms with van der Waals surface area (Å²) in [6.45, 7) is 10.4. The van der Waals surface area contributed by atoms with E-state index in [4.69, 9.17) is 0 Å². The second kappa shape index (κ2) is 7.66. The van der Waals surface area contributed by atoms with Gasteiger partial charge in [0.25, 0.3) is 0 Å². The first kappa shape index (κ1) is 14.5. The molecule has 1 aromatic carbocycles. The number of hydrogen-bond acceptors (Lipinski definition) is 2. The summed E-state index contributed by atoms with van der Waals surface area (Å²) in [6.07, 6.45) is 5.50. The first-order chi connectivity index (χ1) is 9.25. The van der Waals surface area contributed by atoms with Crippen LogP contribution in [0, 0.1) is 13.8 Å². The number of benzene rings is 1. The van der Waals surface area contributed by atoms with E-state index in [-0.39, 0.29) is 0 Å². The third-order valence-corrected chi connectivity index (χ3v) is 4.09. The number of likely N-dealkylation sites (tertiary alicyclic amines) is 1. The van der Waals surface area contributed by atoms with E-state index in [2.05, 4.69) is 42.3 Å². The van der Waals surface area contributed by atoms with Crippen LogP contribution in [0.4, 0.5) is 0 Å². The quantitative estimate of drug-likeness (QED) is 0.790. The van der Waals surface area contributed by atoms with Gasteiger partial charge in [-0.2, -0.15) is 0 Å². The zero-order chi connectivity index (χ0) is 13.5. The molecule has 1 N–H and O–H groups in total. The van der Waals surface area contributed by atoms with Crippen molar-refractivity contribution in [1.82, 2.24) is 10.2 Å². The molecule has 106 valence electrons. The molecule has 2 heteroatoms. The minimum atomic E-state index is 1.01. The minimum Gasteiger partial charge on any atom is -0.313 e. The summed E-state index contributed by atoms with van der Waals surface area (Å²) in [4.78, 5) is 2.61. The van der Waals surface area contributed by atoms with Crippen molar-refractivity contribution < 1.29 is 0 Å². The van der Waals surface area contributed by atoms with Gasteiger partial charge >= 0.3 is 0 Å². The first-order valence-electron chi connectivity index (χ1n) is 7.75. The molecule has 0 aromatic heterocycles. The molecule has 1 heterocycles. The van der Waals surface area contributed by atoms with Crippen LogP contribution in [0.25, 0.3) is 0 Å². The topological polar surface area (TPSA) is 15.3 Å². The lowest BCUT2D eigenvalue weighted by Crippen LogP contribution is -2.32. The molecular formula is C17H28N2. The Balaban J connectivity index is 1.61. The van der Waals surface area contributed by atoms with Gasteiger partial charge in [-0.3, -0.25) is 0 Å². The molecule has 1 fully saturated rings. The maximum absolute atomic E-state index is 3.57. The molecule has 0 spiro atoms. The van der Waals surface area contributed by atoms with Gasteiger partial charge < -0.3 is 10.2 Å². The molecule has 0 saturated carbocycles. The van der Waals surface area contributed by atoms with Crippen LogP contribution in [0.3, 0.4) is 0 Å². The van der Waals surface area contributed by atoms with Crippen LogP contribution < -0.4 is 5.32 Å². The van der Waals surface area contributed by atoms with Gasteiger partial charge in [0.05, 0.1) is 0 Å². The molecule has 0 atom stereocenters. The van der Waals surface area contributed by atoms with Crippen LogP contribution in [-0.2, 0) is 6.54 Å². The van der Waals surface area contributed by atoms with E-state index >= 15 is 0 Å². The number of rotatable bonds is 6. The van der Waals surface area contributed by atoms with Crippen LogP contribution >= 0.6 is 0 Å². The Kier molecular flexibility index (Phi) is 5.87.